The van der Waals surface area contributed by atoms with E-state index in [0.29, 0.717) is 6.54 Å². The summed E-state index contributed by atoms with van der Waals surface area (Å²) in [5, 5.41) is 3.21. The normalized spacial score (nSPS) is 17.8. The zero-order valence-corrected chi connectivity index (χ0v) is 19.1. The summed E-state index contributed by atoms with van der Waals surface area (Å²) in [4.78, 5) is 25.0. The van der Waals surface area contributed by atoms with E-state index in [0.717, 1.165) is 24.6 Å². The highest BCUT2D eigenvalue weighted by atomic mass is 127. The van der Waals surface area contributed by atoms with Gasteiger partial charge in [0.2, 0.25) is 5.91 Å². The molecule has 2 rings (SSSR count). The minimum absolute atomic E-state index is 0. The van der Waals surface area contributed by atoms with Crippen molar-refractivity contribution in [1.29, 1.82) is 0 Å². The molecule has 0 bridgehead atoms. The molecular formula is C19H32IN5O. The van der Waals surface area contributed by atoms with E-state index in [4.69, 9.17) is 0 Å². The van der Waals surface area contributed by atoms with Crippen molar-refractivity contribution in [1.82, 2.24) is 20.1 Å². The number of hydrogen-bond donors (Lipinski definition) is 1. The maximum atomic E-state index is 12.4. The molecule has 7 heteroatoms. The number of nitrogens with one attached hydrogen (secondary N) is 1. The van der Waals surface area contributed by atoms with Crippen molar-refractivity contribution in [2.45, 2.75) is 39.7 Å². The van der Waals surface area contributed by atoms with Gasteiger partial charge in [0.25, 0.3) is 0 Å². The molecule has 1 aliphatic heterocycles. The lowest BCUT2D eigenvalue weighted by Crippen LogP contribution is -2.72. The Kier molecular flexibility index (Phi) is 7.85. The number of rotatable bonds is 5. The van der Waals surface area contributed by atoms with Crippen LogP contribution in [0.15, 0.2) is 29.4 Å². The Morgan fingerprint density at radius 3 is 2.54 bits per heavy atom. The molecule has 2 heterocycles. The number of halogens is 1. The maximum Gasteiger partial charge on any atom is 0.241 e. The Hall–Kier alpha value is -1.38. The van der Waals surface area contributed by atoms with Crippen LogP contribution in [0.4, 0.5) is 0 Å². The average molecular weight is 473 g/mol. The molecule has 1 fully saturated rings. The van der Waals surface area contributed by atoms with E-state index in [9.17, 15) is 4.79 Å². The van der Waals surface area contributed by atoms with Crippen LogP contribution in [0.25, 0.3) is 0 Å². The first-order valence-electron chi connectivity index (χ1n) is 8.81. The molecule has 0 aromatic carbocycles. The Labute approximate surface area is 174 Å². The molecular weight excluding hydrogens is 441 g/mol. The number of nitrogens with zero attached hydrogens (tertiary/aromatic N) is 4. The summed E-state index contributed by atoms with van der Waals surface area (Å²) in [6.07, 6.45) is 2.53. The molecule has 0 atom stereocenters. The third kappa shape index (κ3) is 4.86. The Morgan fingerprint density at radius 1 is 1.35 bits per heavy atom. The number of carbonyl (C=O) groups excluding carboxylic acids is 1. The first-order chi connectivity index (χ1) is 11.7. The van der Waals surface area contributed by atoms with Crippen LogP contribution >= 0.6 is 24.0 Å². The largest absolute Gasteiger partial charge is 0.347 e. The van der Waals surface area contributed by atoms with Gasteiger partial charge in [0, 0.05) is 56.5 Å². The number of aliphatic imine (C=N–C) groups is 1. The third-order valence-corrected chi connectivity index (χ3v) is 5.60. The smallest absolute Gasteiger partial charge is 0.241 e. The second kappa shape index (κ2) is 9.01. The van der Waals surface area contributed by atoms with E-state index in [1.54, 1.807) is 18.1 Å². The predicted octanol–water partition coefficient (Wildman–Crippen LogP) is 2.40. The number of pyridine rings is 1. The molecule has 26 heavy (non-hydrogen) atoms. The van der Waals surface area contributed by atoms with Gasteiger partial charge in [0.15, 0.2) is 5.96 Å². The third-order valence-electron chi connectivity index (χ3n) is 5.60. The molecule has 1 N–H and O–H groups in total. The molecule has 146 valence electrons. The van der Waals surface area contributed by atoms with Crippen molar-refractivity contribution in [3.8, 4) is 0 Å². The quantitative estimate of drug-likeness (QED) is 0.406. The summed E-state index contributed by atoms with van der Waals surface area (Å²) >= 11 is 0. The fourth-order valence-electron chi connectivity index (χ4n) is 2.94. The Balaban J connectivity index is 0.00000338. The number of likely N-dealkylation sites (N-methyl/N-ethyl adjacent to an activating group) is 1. The van der Waals surface area contributed by atoms with Gasteiger partial charge in [0.05, 0.1) is 6.54 Å². The minimum Gasteiger partial charge on any atom is -0.347 e. The van der Waals surface area contributed by atoms with E-state index in [1.165, 1.54) is 0 Å². The van der Waals surface area contributed by atoms with Gasteiger partial charge in [-0.3, -0.25) is 14.8 Å². The van der Waals surface area contributed by atoms with Crippen LogP contribution in [0.1, 0.15) is 33.4 Å². The highest BCUT2D eigenvalue weighted by molar-refractivity contribution is 14.0. The summed E-state index contributed by atoms with van der Waals surface area (Å²) in [6.45, 7) is 10.8. The second-order valence-electron chi connectivity index (χ2n) is 7.82. The number of aromatic nitrogens is 1. The van der Waals surface area contributed by atoms with Crippen LogP contribution < -0.4 is 5.32 Å². The zero-order valence-electron chi connectivity index (χ0n) is 16.7. The maximum absolute atomic E-state index is 12.4. The van der Waals surface area contributed by atoms with Crippen molar-refractivity contribution in [2.24, 2.45) is 10.4 Å². The van der Waals surface area contributed by atoms with Gasteiger partial charge in [-0.25, -0.2) is 0 Å². The minimum atomic E-state index is 0. The van der Waals surface area contributed by atoms with E-state index < -0.39 is 0 Å². The summed E-state index contributed by atoms with van der Waals surface area (Å²) in [6, 6.07) is 5.84. The molecule has 0 spiro atoms. The molecule has 6 nitrogen and oxygen atoms in total. The van der Waals surface area contributed by atoms with Crippen LogP contribution in [0.3, 0.4) is 0 Å². The topological polar surface area (TPSA) is 60.8 Å². The Bertz CT molecular complexity index is 630. The number of hydrogen-bond acceptors (Lipinski definition) is 3. The van der Waals surface area contributed by atoms with Crippen LogP contribution in [0, 0.1) is 5.41 Å². The summed E-state index contributed by atoms with van der Waals surface area (Å²) in [5.74, 6) is 0.838. The summed E-state index contributed by atoms with van der Waals surface area (Å²) in [7, 11) is 3.59. The van der Waals surface area contributed by atoms with Crippen molar-refractivity contribution < 1.29 is 4.79 Å². The molecule has 0 aliphatic carbocycles. The molecule has 0 radical (unpaired) electrons. The average Bonchev–Trinajstić information content (AvgIpc) is 2.59. The van der Waals surface area contributed by atoms with Gasteiger partial charge >= 0.3 is 0 Å². The van der Waals surface area contributed by atoms with Gasteiger partial charge in [-0.1, -0.05) is 19.9 Å². The monoisotopic (exact) mass is 473 g/mol. The van der Waals surface area contributed by atoms with Gasteiger partial charge in [-0.05, 0) is 26.0 Å². The molecule has 0 unspecified atom stereocenters. The molecule has 1 aliphatic rings. The van der Waals surface area contributed by atoms with Crippen molar-refractivity contribution >= 4 is 35.8 Å². The first-order valence-corrected chi connectivity index (χ1v) is 8.81. The number of amides is 1. The second-order valence-corrected chi connectivity index (χ2v) is 7.82. The predicted molar refractivity (Wildman–Crippen MR) is 117 cm³/mol. The summed E-state index contributed by atoms with van der Waals surface area (Å²) < 4.78 is 0. The number of guanidine groups is 1. The molecule has 1 aromatic heterocycles. The van der Waals surface area contributed by atoms with Crippen molar-refractivity contribution in [3.05, 3.63) is 30.1 Å². The van der Waals surface area contributed by atoms with E-state index in [1.807, 2.05) is 25.2 Å². The number of carbonyl (C=O) groups is 1. The van der Waals surface area contributed by atoms with E-state index >= 15 is 0 Å². The molecule has 1 aromatic rings. The highest BCUT2D eigenvalue weighted by Gasteiger charge is 2.53. The molecule has 1 amide bonds. The van der Waals surface area contributed by atoms with E-state index in [2.05, 4.69) is 47.9 Å². The lowest BCUT2D eigenvalue weighted by molar-refractivity contribution is -0.128. The fourth-order valence-corrected chi connectivity index (χ4v) is 2.94. The van der Waals surface area contributed by atoms with Crippen molar-refractivity contribution in [2.75, 3.05) is 33.7 Å². The SMILES string of the molecule is CN=C(NCC(=O)N(C)CCc1ccccn1)N1CC(C)(C)C1(C)C.I. The number of likely N-dealkylation sites (tertiary alicyclic amines) is 1. The fraction of sp³-hybridized carbons (Fsp3) is 0.632. The van der Waals surface area contributed by atoms with E-state index in [-0.39, 0.29) is 47.4 Å². The highest BCUT2D eigenvalue weighted by Crippen LogP contribution is 2.46. The lowest BCUT2D eigenvalue weighted by Gasteiger charge is -2.62. The van der Waals surface area contributed by atoms with Gasteiger partial charge in [-0.2, -0.15) is 0 Å². The van der Waals surface area contributed by atoms with Gasteiger partial charge < -0.3 is 15.1 Å². The molecule has 0 saturated carbocycles. The van der Waals surface area contributed by atoms with Crippen molar-refractivity contribution in [3.63, 3.8) is 0 Å². The Morgan fingerprint density at radius 2 is 2.04 bits per heavy atom. The molecule has 1 saturated heterocycles. The zero-order chi connectivity index (χ0) is 18.7. The summed E-state index contributed by atoms with van der Waals surface area (Å²) in [5.41, 5.74) is 1.24. The lowest BCUT2D eigenvalue weighted by atomic mass is 9.65. The van der Waals surface area contributed by atoms with Crippen LogP contribution in [0.2, 0.25) is 0 Å². The van der Waals surface area contributed by atoms with Crippen LogP contribution in [0.5, 0.6) is 0 Å². The standard InChI is InChI=1S/C19H31N5O.HI/c1-18(2)14-24(19(18,3)4)17(20-5)22-13-16(25)23(6)12-10-15-9-7-8-11-21-15;/h7-9,11H,10,12-14H2,1-6H3,(H,20,22);1H. The van der Waals surface area contributed by atoms with Crippen LogP contribution in [-0.4, -0.2) is 65.9 Å². The first kappa shape index (κ1) is 22.7. The van der Waals surface area contributed by atoms with Gasteiger partial charge in [0.1, 0.15) is 0 Å². The van der Waals surface area contributed by atoms with Gasteiger partial charge in [-0.15, -0.1) is 24.0 Å². The van der Waals surface area contributed by atoms with Crippen LogP contribution in [-0.2, 0) is 11.2 Å².